The van der Waals surface area contributed by atoms with E-state index in [4.69, 9.17) is 9.84 Å². The predicted molar refractivity (Wildman–Crippen MR) is 57.1 cm³/mol. The third-order valence-electron chi connectivity index (χ3n) is 3.54. The molecule has 5 nitrogen and oxygen atoms in total. The van der Waals surface area contributed by atoms with Crippen LogP contribution in [0.5, 0.6) is 0 Å². The van der Waals surface area contributed by atoms with E-state index in [9.17, 15) is 0 Å². The van der Waals surface area contributed by atoms with Crippen LogP contribution in [0.1, 0.15) is 30.4 Å². The Labute approximate surface area is 94.4 Å². The van der Waals surface area contributed by atoms with Gasteiger partial charge in [0.25, 0.3) is 0 Å². The van der Waals surface area contributed by atoms with Gasteiger partial charge in [0.05, 0.1) is 6.61 Å². The highest BCUT2D eigenvalue weighted by molar-refractivity contribution is 5.03. The Morgan fingerprint density at radius 1 is 1.44 bits per heavy atom. The monoisotopic (exact) mass is 223 g/mol. The van der Waals surface area contributed by atoms with E-state index in [0.29, 0.717) is 11.8 Å². The minimum Gasteiger partial charge on any atom is -0.396 e. The Morgan fingerprint density at radius 2 is 2.38 bits per heavy atom. The molecule has 0 aliphatic carbocycles. The van der Waals surface area contributed by atoms with Gasteiger partial charge < -0.3 is 9.84 Å². The maximum Gasteiger partial charge on any atom is 0.156 e. The first-order valence-corrected chi connectivity index (χ1v) is 5.99. The number of aliphatic hydroxyl groups excluding tert-OH is 1. The van der Waals surface area contributed by atoms with Gasteiger partial charge in [-0.1, -0.05) is 0 Å². The summed E-state index contributed by atoms with van der Waals surface area (Å²) in [7, 11) is 0. The molecular formula is C11H17N3O2. The summed E-state index contributed by atoms with van der Waals surface area (Å²) in [4.78, 5) is 4.59. The van der Waals surface area contributed by atoms with Crippen molar-refractivity contribution in [3.05, 3.63) is 11.6 Å². The number of fused-ring (bicyclic) bond motifs is 1. The van der Waals surface area contributed by atoms with Crippen molar-refractivity contribution in [3.63, 3.8) is 0 Å². The first-order valence-electron chi connectivity index (χ1n) is 5.99. The summed E-state index contributed by atoms with van der Waals surface area (Å²) < 4.78 is 7.36. The van der Waals surface area contributed by atoms with Crippen LogP contribution < -0.4 is 0 Å². The van der Waals surface area contributed by atoms with Gasteiger partial charge in [-0.25, -0.2) is 9.67 Å². The van der Waals surface area contributed by atoms with Crippen molar-refractivity contribution in [2.75, 3.05) is 19.8 Å². The molecule has 1 aromatic rings. The van der Waals surface area contributed by atoms with Crippen molar-refractivity contribution in [2.24, 2.45) is 5.92 Å². The quantitative estimate of drug-likeness (QED) is 0.785. The number of aryl methyl sites for hydroxylation is 1. The Kier molecular flexibility index (Phi) is 2.65. The molecule has 3 heterocycles. The summed E-state index contributed by atoms with van der Waals surface area (Å²) in [5.74, 6) is 2.72. The molecule has 0 bridgehead atoms. The van der Waals surface area contributed by atoms with E-state index in [1.54, 1.807) is 0 Å². The average Bonchev–Trinajstić information content (AvgIpc) is 2.96. The van der Waals surface area contributed by atoms with Gasteiger partial charge in [-0.05, 0) is 18.8 Å². The third-order valence-corrected chi connectivity index (χ3v) is 3.54. The molecular weight excluding hydrogens is 206 g/mol. The van der Waals surface area contributed by atoms with Gasteiger partial charge in [0.1, 0.15) is 5.82 Å². The molecule has 2 aliphatic rings. The minimum atomic E-state index is 0.259. The Hall–Kier alpha value is -0.940. The number of hydrogen-bond acceptors (Lipinski definition) is 4. The Morgan fingerprint density at radius 3 is 3.12 bits per heavy atom. The highest BCUT2D eigenvalue weighted by Gasteiger charge is 2.26. The van der Waals surface area contributed by atoms with Crippen molar-refractivity contribution in [1.29, 1.82) is 0 Å². The van der Waals surface area contributed by atoms with E-state index in [1.165, 1.54) is 0 Å². The standard InChI is InChI=1S/C11H17N3O2/c15-6-8-1-3-14-10(5-8)12-11(13-14)9-2-4-16-7-9/h8-9,15H,1-7H2. The number of ether oxygens (including phenoxy) is 1. The summed E-state index contributed by atoms with van der Waals surface area (Å²) in [6.45, 7) is 2.73. The highest BCUT2D eigenvalue weighted by atomic mass is 16.5. The molecule has 5 heteroatoms. The van der Waals surface area contributed by atoms with E-state index >= 15 is 0 Å². The second-order valence-corrected chi connectivity index (χ2v) is 4.71. The van der Waals surface area contributed by atoms with Crippen LogP contribution in [-0.4, -0.2) is 39.7 Å². The minimum absolute atomic E-state index is 0.259. The van der Waals surface area contributed by atoms with Gasteiger partial charge in [0.2, 0.25) is 0 Å². The van der Waals surface area contributed by atoms with Crippen LogP contribution in [0.2, 0.25) is 0 Å². The molecule has 2 atom stereocenters. The van der Waals surface area contributed by atoms with Crippen LogP contribution in [-0.2, 0) is 17.7 Å². The van der Waals surface area contributed by atoms with Crippen molar-refractivity contribution >= 4 is 0 Å². The van der Waals surface area contributed by atoms with Crippen LogP contribution in [0, 0.1) is 5.92 Å². The zero-order valence-electron chi connectivity index (χ0n) is 9.30. The number of hydrogen-bond donors (Lipinski definition) is 1. The lowest BCUT2D eigenvalue weighted by Gasteiger charge is -2.19. The molecule has 0 spiro atoms. The van der Waals surface area contributed by atoms with Crippen LogP contribution in [0.25, 0.3) is 0 Å². The molecule has 0 saturated carbocycles. The SMILES string of the molecule is OCC1CCn2nc(C3CCOC3)nc2C1. The number of aliphatic hydroxyl groups is 1. The zero-order chi connectivity index (χ0) is 11.0. The smallest absolute Gasteiger partial charge is 0.156 e. The molecule has 1 N–H and O–H groups in total. The number of nitrogens with zero attached hydrogens (tertiary/aromatic N) is 3. The van der Waals surface area contributed by atoms with Crippen molar-refractivity contribution in [3.8, 4) is 0 Å². The summed E-state index contributed by atoms with van der Waals surface area (Å²) in [6, 6.07) is 0. The lowest BCUT2D eigenvalue weighted by Crippen LogP contribution is -2.22. The van der Waals surface area contributed by atoms with Gasteiger partial charge in [-0.3, -0.25) is 0 Å². The molecule has 2 unspecified atom stereocenters. The van der Waals surface area contributed by atoms with E-state index in [0.717, 1.165) is 50.7 Å². The molecule has 1 aromatic heterocycles. The topological polar surface area (TPSA) is 60.2 Å². The van der Waals surface area contributed by atoms with Crippen LogP contribution in [0.3, 0.4) is 0 Å². The zero-order valence-corrected chi connectivity index (χ0v) is 9.30. The molecule has 0 aromatic carbocycles. The summed E-state index contributed by atoms with van der Waals surface area (Å²) in [5.41, 5.74) is 0. The lowest BCUT2D eigenvalue weighted by atomic mass is 9.99. The second kappa shape index (κ2) is 4.14. The molecule has 0 amide bonds. The van der Waals surface area contributed by atoms with Crippen LogP contribution >= 0.6 is 0 Å². The summed E-state index contributed by atoms with van der Waals surface area (Å²) >= 11 is 0. The molecule has 2 aliphatic heterocycles. The van der Waals surface area contributed by atoms with Gasteiger partial charge in [0.15, 0.2) is 5.82 Å². The van der Waals surface area contributed by atoms with Gasteiger partial charge in [-0.15, -0.1) is 0 Å². The van der Waals surface area contributed by atoms with E-state index < -0.39 is 0 Å². The summed E-state index contributed by atoms with van der Waals surface area (Å²) in [5, 5.41) is 13.7. The largest absolute Gasteiger partial charge is 0.396 e. The Bertz CT molecular complexity index is 371. The van der Waals surface area contributed by atoms with E-state index in [1.807, 2.05) is 4.68 Å². The van der Waals surface area contributed by atoms with Crippen molar-refractivity contribution < 1.29 is 9.84 Å². The maximum absolute atomic E-state index is 9.16. The molecule has 88 valence electrons. The van der Waals surface area contributed by atoms with Crippen molar-refractivity contribution in [1.82, 2.24) is 14.8 Å². The predicted octanol–water partition coefficient (Wildman–Crippen LogP) is 0.337. The fourth-order valence-corrected chi connectivity index (χ4v) is 2.46. The highest BCUT2D eigenvalue weighted by Crippen LogP contribution is 2.25. The molecule has 16 heavy (non-hydrogen) atoms. The molecule has 1 saturated heterocycles. The van der Waals surface area contributed by atoms with Crippen molar-refractivity contribution in [2.45, 2.75) is 31.7 Å². The number of rotatable bonds is 2. The molecule has 0 radical (unpaired) electrons. The van der Waals surface area contributed by atoms with Crippen LogP contribution in [0.4, 0.5) is 0 Å². The van der Waals surface area contributed by atoms with Crippen LogP contribution in [0.15, 0.2) is 0 Å². The maximum atomic E-state index is 9.16. The third kappa shape index (κ3) is 1.74. The molecule has 1 fully saturated rings. The number of aromatic nitrogens is 3. The summed E-state index contributed by atoms with van der Waals surface area (Å²) in [6.07, 6.45) is 2.90. The van der Waals surface area contributed by atoms with E-state index in [-0.39, 0.29) is 6.61 Å². The van der Waals surface area contributed by atoms with Gasteiger partial charge >= 0.3 is 0 Å². The lowest BCUT2D eigenvalue weighted by molar-refractivity contribution is 0.193. The average molecular weight is 223 g/mol. The molecule has 3 rings (SSSR count). The van der Waals surface area contributed by atoms with E-state index in [2.05, 4.69) is 10.1 Å². The van der Waals surface area contributed by atoms with Gasteiger partial charge in [-0.2, -0.15) is 5.10 Å². The fraction of sp³-hybridized carbons (Fsp3) is 0.818. The first kappa shape index (κ1) is 10.2. The van der Waals surface area contributed by atoms with Gasteiger partial charge in [0, 0.05) is 32.1 Å². The first-order chi connectivity index (χ1) is 7.86. The Balaban J connectivity index is 1.80. The normalized spacial score (nSPS) is 29.3. The second-order valence-electron chi connectivity index (χ2n) is 4.71. The fourth-order valence-electron chi connectivity index (χ4n) is 2.46.